The number of nitrogens with one attached hydrogen (secondary N) is 1. The van der Waals surface area contributed by atoms with Crippen molar-refractivity contribution in [3.05, 3.63) is 54.3 Å². The van der Waals surface area contributed by atoms with E-state index in [1.54, 1.807) is 12.5 Å². The minimum atomic E-state index is 0.160. The third-order valence-corrected chi connectivity index (χ3v) is 4.58. The molecular formula is C18H19N3O2. The van der Waals surface area contributed by atoms with Crippen LogP contribution in [-0.4, -0.2) is 33.9 Å². The van der Waals surface area contributed by atoms with Crippen molar-refractivity contribution in [1.82, 2.24) is 14.9 Å². The lowest BCUT2D eigenvalue weighted by Crippen LogP contribution is -2.40. The Bertz CT molecular complexity index is 807. The quantitative estimate of drug-likeness (QED) is 0.808. The first kappa shape index (κ1) is 14.1. The van der Waals surface area contributed by atoms with Crippen LogP contribution in [0, 0.1) is 0 Å². The zero-order valence-corrected chi connectivity index (χ0v) is 12.9. The van der Waals surface area contributed by atoms with Gasteiger partial charge >= 0.3 is 0 Å². The number of H-pyrrole nitrogens is 1. The molecule has 1 amide bonds. The maximum Gasteiger partial charge on any atom is 0.227 e. The summed E-state index contributed by atoms with van der Waals surface area (Å²) < 4.78 is 5.53. The van der Waals surface area contributed by atoms with E-state index in [9.17, 15) is 4.79 Å². The summed E-state index contributed by atoms with van der Waals surface area (Å²) in [5.74, 6) is 1.45. The topological polar surface area (TPSA) is 62.1 Å². The van der Waals surface area contributed by atoms with Gasteiger partial charge in [-0.25, -0.2) is 4.98 Å². The summed E-state index contributed by atoms with van der Waals surface area (Å²) in [6.45, 7) is 1.56. The molecule has 0 saturated carbocycles. The summed E-state index contributed by atoms with van der Waals surface area (Å²) in [4.78, 5) is 22.1. The molecule has 0 spiro atoms. The van der Waals surface area contributed by atoms with Gasteiger partial charge in [-0.05, 0) is 18.9 Å². The van der Waals surface area contributed by atoms with Crippen LogP contribution in [0.1, 0.15) is 30.1 Å². The average Bonchev–Trinajstić information content (AvgIpc) is 3.25. The van der Waals surface area contributed by atoms with Gasteiger partial charge in [0.15, 0.2) is 0 Å². The largest absolute Gasteiger partial charge is 0.464 e. The fraction of sp³-hybridized carbons (Fsp3) is 0.333. The Kier molecular flexibility index (Phi) is 3.61. The predicted octanol–water partition coefficient (Wildman–Crippen LogP) is 3.10. The zero-order valence-electron chi connectivity index (χ0n) is 12.9. The summed E-state index contributed by atoms with van der Waals surface area (Å²) in [5, 5.41) is 1.03. The van der Waals surface area contributed by atoms with Crippen molar-refractivity contribution in [1.29, 1.82) is 0 Å². The number of para-hydroxylation sites is 1. The standard InChI is InChI=1S/C18H19N3O2/c22-17(10-14-12-23-16-6-2-1-5-15(14)16)21-9-3-4-13(11-21)18-19-7-8-20-18/h1-2,5-8,12-13H,3-4,9-11H2,(H,19,20). The number of fused-ring (bicyclic) bond motifs is 1. The fourth-order valence-corrected chi connectivity index (χ4v) is 3.37. The van der Waals surface area contributed by atoms with E-state index >= 15 is 0 Å². The molecule has 1 fully saturated rings. The van der Waals surface area contributed by atoms with Crippen molar-refractivity contribution in [2.45, 2.75) is 25.2 Å². The maximum absolute atomic E-state index is 12.7. The van der Waals surface area contributed by atoms with Gasteiger partial charge in [-0.1, -0.05) is 18.2 Å². The van der Waals surface area contributed by atoms with Crippen molar-refractivity contribution in [3.8, 4) is 0 Å². The first-order valence-corrected chi connectivity index (χ1v) is 8.03. The number of furan rings is 1. The van der Waals surface area contributed by atoms with Gasteiger partial charge in [0.05, 0.1) is 12.7 Å². The second kappa shape index (κ2) is 5.91. The number of likely N-dealkylation sites (tertiary alicyclic amines) is 1. The number of aromatic nitrogens is 2. The number of amides is 1. The van der Waals surface area contributed by atoms with Crippen molar-refractivity contribution in [2.24, 2.45) is 0 Å². The zero-order chi connectivity index (χ0) is 15.6. The Morgan fingerprint density at radius 1 is 1.39 bits per heavy atom. The molecule has 5 heteroatoms. The van der Waals surface area contributed by atoms with Crippen LogP contribution in [0.15, 0.2) is 47.3 Å². The van der Waals surface area contributed by atoms with E-state index in [2.05, 4.69) is 9.97 Å². The SMILES string of the molecule is O=C(Cc1coc2ccccc12)N1CCCC(c2ncc[nH]2)C1. The number of hydrogen-bond acceptors (Lipinski definition) is 3. The second-order valence-corrected chi connectivity index (χ2v) is 6.09. The molecule has 23 heavy (non-hydrogen) atoms. The Labute approximate surface area is 134 Å². The van der Waals surface area contributed by atoms with E-state index in [1.807, 2.05) is 35.4 Å². The number of imidazole rings is 1. The summed E-state index contributed by atoms with van der Waals surface area (Å²) >= 11 is 0. The van der Waals surface area contributed by atoms with Gasteiger partial charge in [0, 0.05) is 42.4 Å². The molecule has 4 rings (SSSR count). The highest BCUT2D eigenvalue weighted by Crippen LogP contribution is 2.26. The van der Waals surface area contributed by atoms with E-state index in [0.29, 0.717) is 12.3 Å². The molecule has 0 radical (unpaired) electrons. The van der Waals surface area contributed by atoms with Crippen LogP contribution in [0.4, 0.5) is 0 Å². The van der Waals surface area contributed by atoms with E-state index in [-0.39, 0.29) is 5.91 Å². The second-order valence-electron chi connectivity index (χ2n) is 6.09. The molecule has 1 saturated heterocycles. The van der Waals surface area contributed by atoms with Crippen LogP contribution in [0.2, 0.25) is 0 Å². The average molecular weight is 309 g/mol. The van der Waals surface area contributed by atoms with Crippen LogP contribution >= 0.6 is 0 Å². The molecule has 3 aromatic rings. The highest BCUT2D eigenvalue weighted by atomic mass is 16.3. The minimum Gasteiger partial charge on any atom is -0.464 e. The molecule has 2 aromatic heterocycles. The number of carbonyl (C=O) groups is 1. The van der Waals surface area contributed by atoms with Gasteiger partial charge < -0.3 is 14.3 Å². The smallest absolute Gasteiger partial charge is 0.227 e. The van der Waals surface area contributed by atoms with E-state index in [0.717, 1.165) is 48.3 Å². The highest BCUT2D eigenvalue weighted by molar-refractivity contribution is 5.87. The maximum atomic E-state index is 12.7. The highest BCUT2D eigenvalue weighted by Gasteiger charge is 2.26. The van der Waals surface area contributed by atoms with Crippen LogP contribution in [-0.2, 0) is 11.2 Å². The van der Waals surface area contributed by atoms with Crippen LogP contribution < -0.4 is 0 Å². The van der Waals surface area contributed by atoms with E-state index in [1.165, 1.54) is 0 Å². The molecule has 118 valence electrons. The van der Waals surface area contributed by atoms with Gasteiger partial charge in [-0.3, -0.25) is 4.79 Å². The summed E-state index contributed by atoms with van der Waals surface area (Å²) in [6.07, 6.45) is 7.80. The van der Waals surface area contributed by atoms with E-state index < -0.39 is 0 Å². The molecule has 5 nitrogen and oxygen atoms in total. The number of rotatable bonds is 3. The molecular weight excluding hydrogens is 290 g/mol. The summed E-state index contributed by atoms with van der Waals surface area (Å²) in [5.41, 5.74) is 1.80. The van der Waals surface area contributed by atoms with Gasteiger partial charge in [-0.2, -0.15) is 0 Å². The molecule has 1 N–H and O–H groups in total. The molecule has 1 aliphatic heterocycles. The van der Waals surface area contributed by atoms with Crippen LogP contribution in [0.3, 0.4) is 0 Å². The molecule has 3 heterocycles. The lowest BCUT2D eigenvalue weighted by atomic mass is 9.96. The predicted molar refractivity (Wildman–Crippen MR) is 87.1 cm³/mol. The molecule has 1 unspecified atom stereocenters. The summed E-state index contributed by atoms with van der Waals surface area (Å²) in [7, 11) is 0. The molecule has 0 aliphatic carbocycles. The lowest BCUT2D eigenvalue weighted by molar-refractivity contribution is -0.131. The van der Waals surface area contributed by atoms with Crippen LogP contribution in [0.25, 0.3) is 11.0 Å². The summed E-state index contributed by atoms with van der Waals surface area (Å²) in [6, 6.07) is 7.84. The van der Waals surface area contributed by atoms with Crippen molar-refractivity contribution in [2.75, 3.05) is 13.1 Å². The lowest BCUT2D eigenvalue weighted by Gasteiger charge is -2.31. The molecule has 1 aromatic carbocycles. The van der Waals surface area contributed by atoms with Crippen LogP contribution in [0.5, 0.6) is 0 Å². The Morgan fingerprint density at radius 3 is 3.17 bits per heavy atom. The first-order valence-electron chi connectivity index (χ1n) is 8.03. The monoisotopic (exact) mass is 309 g/mol. The Morgan fingerprint density at radius 2 is 2.30 bits per heavy atom. The van der Waals surface area contributed by atoms with Crippen molar-refractivity contribution < 1.29 is 9.21 Å². The molecule has 0 bridgehead atoms. The third-order valence-electron chi connectivity index (χ3n) is 4.58. The third kappa shape index (κ3) is 2.74. The van der Waals surface area contributed by atoms with Crippen molar-refractivity contribution in [3.63, 3.8) is 0 Å². The van der Waals surface area contributed by atoms with Gasteiger partial charge in [-0.15, -0.1) is 0 Å². The number of benzene rings is 1. The number of aromatic amines is 1. The minimum absolute atomic E-state index is 0.160. The molecule has 1 atom stereocenters. The Balaban J connectivity index is 1.48. The normalized spacial score (nSPS) is 18.4. The Hall–Kier alpha value is -2.56. The number of nitrogens with zero attached hydrogens (tertiary/aromatic N) is 2. The first-order chi connectivity index (χ1) is 11.3. The van der Waals surface area contributed by atoms with Gasteiger partial charge in [0.2, 0.25) is 5.91 Å². The van der Waals surface area contributed by atoms with Gasteiger partial charge in [0.1, 0.15) is 11.4 Å². The van der Waals surface area contributed by atoms with Gasteiger partial charge in [0.25, 0.3) is 0 Å². The number of piperidine rings is 1. The van der Waals surface area contributed by atoms with E-state index in [4.69, 9.17) is 4.42 Å². The molecule has 1 aliphatic rings. The fourth-order valence-electron chi connectivity index (χ4n) is 3.37. The number of carbonyl (C=O) groups excluding carboxylic acids is 1. The van der Waals surface area contributed by atoms with Crippen molar-refractivity contribution >= 4 is 16.9 Å². The number of hydrogen-bond donors (Lipinski definition) is 1.